The summed E-state index contributed by atoms with van der Waals surface area (Å²) in [5.41, 5.74) is 12.5. The molecule has 6 N–H and O–H groups in total. The zero-order chi connectivity index (χ0) is 17.0. The fourth-order valence-electron chi connectivity index (χ4n) is 2.31. The van der Waals surface area contributed by atoms with Crippen molar-refractivity contribution < 1.29 is 16.8 Å². The third-order valence-electron chi connectivity index (χ3n) is 3.47. The molecule has 0 saturated heterocycles. The molecule has 2 heterocycles. The van der Waals surface area contributed by atoms with Crippen molar-refractivity contribution in [2.45, 2.75) is 0 Å². The van der Waals surface area contributed by atoms with Crippen molar-refractivity contribution in [3.05, 3.63) is 57.8 Å². The maximum atomic E-state index is 5.27. The quantitative estimate of drug-likeness (QED) is 0.510. The number of hydrogen-bond donors (Lipinski definition) is 4. The van der Waals surface area contributed by atoms with Crippen LogP contribution in [0.1, 0.15) is 0 Å². The Balaban J connectivity index is 0.000000257. The number of nitrogens with one attached hydrogen (secondary N) is 2. The normalized spacial score (nSPS) is 12.7. The molecule has 1 aromatic carbocycles. The minimum Gasteiger partial charge on any atom is -0.665 e. The second-order valence-corrected chi connectivity index (χ2v) is 5.29. The summed E-state index contributed by atoms with van der Waals surface area (Å²) in [6.07, 6.45) is 11.6. The average molecular weight is 385 g/mol. The molecular formula is C18H26CoN6+. The van der Waals surface area contributed by atoms with Crippen LogP contribution in [0.5, 0.6) is 0 Å². The van der Waals surface area contributed by atoms with Crippen molar-refractivity contribution in [3.8, 4) is 0 Å². The molecule has 136 valence electrons. The number of rotatable bonds is 7. The second kappa shape index (κ2) is 12.7. The van der Waals surface area contributed by atoms with Crippen LogP contribution in [-0.4, -0.2) is 39.3 Å². The van der Waals surface area contributed by atoms with Gasteiger partial charge in [0.2, 0.25) is 0 Å². The zero-order valence-electron chi connectivity index (χ0n) is 14.2. The Hall–Kier alpha value is -1.61. The standard InChI is InChI=1S/C12H8N2.C6H18N4.Co/c1-3-9-5-6-10-4-2-8-14-12(10)11(9)13-7-1;7-1-3-9-5-6-10-4-2-8;/h1-8H;9-10H,1-8H2;/q-2;;+3. The van der Waals surface area contributed by atoms with Gasteiger partial charge in [0.05, 0.1) is 0 Å². The van der Waals surface area contributed by atoms with Crippen LogP contribution >= 0.6 is 0 Å². The first kappa shape index (κ1) is 21.4. The molecule has 25 heavy (non-hydrogen) atoms. The van der Waals surface area contributed by atoms with E-state index in [0.717, 1.165) is 48.0 Å². The SMILES string of the molecule is C1=C[N-]c2c3c(ccc2=C1)=CC=C[N-]3.NCCNCCNCCN.[Co+3]. The van der Waals surface area contributed by atoms with E-state index in [9.17, 15) is 0 Å². The smallest absolute Gasteiger partial charge is 0.665 e. The molecule has 0 spiro atoms. The Morgan fingerprint density at radius 1 is 0.720 bits per heavy atom. The minimum atomic E-state index is 0. The summed E-state index contributed by atoms with van der Waals surface area (Å²) in [5, 5.41) is 17.3. The summed E-state index contributed by atoms with van der Waals surface area (Å²) in [6.45, 7) is 5.14. The maximum absolute atomic E-state index is 5.27. The molecular weight excluding hydrogens is 359 g/mol. The summed E-state index contributed by atoms with van der Waals surface area (Å²) < 4.78 is 0. The van der Waals surface area contributed by atoms with Gasteiger partial charge in [-0.15, -0.1) is 11.4 Å². The molecule has 0 unspecified atom stereocenters. The molecule has 3 rings (SSSR count). The van der Waals surface area contributed by atoms with Gasteiger partial charge in [-0.1, -0.05) is 36.4 Å². The molecule has 0 atom stereocenters. The first-order valence-electron chi connectivity index (χ1n) is 8.27. The van der Waals surface area contributed by atoms with Gasteiger partial charge < -0.3 is 32.7 Å². The monoisotopic (exact) mass is 385 g/mol. The van der Waals surface area contributed by atoms with E-state index in [4.69, 9.17) is 11.5 Å². The minimum absolute atomic E-state index is 0. The predicted octanol–water partition coefficient (Wildman–Crippen LogP) is 0.393. The first-order chi connectivity index (χ1) is 11.9. The largest absolute Gasteiger partial charge is 3.00 e. The van der Waals surface area contributed by atoms with Crippen molar-refractivity contribution in [3.63, 3.8) is 0 Å². The van der Waals surface area contributed by atoms with Crippen molar-refractivity contribution in [2.75, 3.05) is 39.3 Å². The van der Waals surface area contributed by atoms with E-state index in [1.165, 1.54) is 0 Å². The van der Waals surface area contributed by atoms with E-state index in [1.807, 2.05) is 12.2 Å². The van der Waals surface area contributed by atoms with Gasteiger partial charge in [-0.3, -0.25) is 0 Å². The topological polar surface area (TPSA) is 104 Å². The Bertz CT molecular complexity index is 625. The van der Waals surface area contributed by atoms with Crippen LogP contribution in [0, 0.1) is 0 Å². The van der Waals surface area contributed by atoms with Gasteiger partial charge in [0.1, 0.15) is 0 Å². The number of benzene rings is 1. The average Bonchev–Trinajstić information content (AvgIpc) is 2.65. The summed E-state index contributed by atoms with van der Waals surface area (Å²) >= 11 is 0. The molecule has 0 radical (unpaired) electrons. The van der Waals surface area contributed by atoms with Gasteiger partial charge in [-0.2, -0.15) is 12.4 Å². The van der Waals surface area contributed by atoms with Gasteiger partial charge in [-0.05, 0) is 10.4 Å². The van der Waals surface area contributed by atoms with Crippen molar-refractivity contribution in [1.82, 2.24) is 10.6 Å². The van der Waals surface area contributed by atoms with Gasteiger partial charge >= 0.3 is 16.8 Å². The molecule has 0 fully saturated rings. The fraction of sp³-hybridized carbons (Fsp3) is 0.333. The Morgan fingerprint density at radius 2 is 1.16 bits per heavy atom. The number of hydrogen-bond acceptors (Lipinski definition) is 4. The fourth-order valence-corrected chi connectivity index (χ4v) is 2.31. The van der Waals surface area contributed by atoms with E-state index in [1.54, 1.807) is 12.4 Å². The Morgan fingerprint density at radius 3 is 1.56 bits per heavy atom. The molecule has 0 amide bonds. The van der Waals surface area contributed by atoms with Gasteiger partial charge in [0.25, 0.3) is 0 Å². The van der Waals surface area contributed by atoms with E-state index in [-0.39, 0.29) is 16.8 Å². The summed E-state index contributed by atoms with van der Waals surface area (Å²) in [5.74, 6) is 0. The van der Waals surface area contributed by atoms with Crippen molar-refractivity contribution >= 4 is 23.5 Å². The van der Waals surface area contributed by atoms with Crippen molar-refractivity contribution in [1.29, 1.82) is 0 Å². The van der Waals surface area contributed by atoms with Crippen LogP contribution in [0.25, 0.3) is 22.8 Å². The van der Waals surface area contributed by atoms with Gasteiger partial charge in [0, 0.05) is 39.3 Å². The third kappa shape index (κ3) is 7.03. The zero-order valence-corrected chi connectivity index (χ0v) is 15.3. The second-order valence-electron chi connectivity index (χ2n) is 5.29. The number of nitrogens with two attached hydrogens (primary N) is 2. The first-order valence-corrected chi connectivity index (χ1v) is 8.27. The molecule has 2 aliphatic heterocycles. The summed E-state index contributed by atoms with van der Waals surface area (Å²) in [4.78, 5) is 0. The molecule has 7 heteroatoms. The van der Waals surface area contributed by atoms with Crippen LogP contribution in [0.2, 0.25) is 0 Å². The predicted molar refractivity (Wildman–Crippen MR) is 103 cm³/mol. The maximum Gasteiger partial charge on any atom is 3.00 e. The number of nitrogens with zero attached hydrogens (tertiary/aromatic N) is 2. The summed E-state index contributed by atoms with van der Waals surface area (Å²) in [7, 11) is 0. The molecule has 1 aromatic rings. The third-order valence-corrected chi connectivity index (χ3v) is 3.47. The molecule has 0 aliphatic carbocycles. The molecule has 0 saturated carbocycles. The van der Waals surface area contributed by atoms with Crippen LogP contribution < -0.4 is 32.5 Å². The van der Waals surface area contributed by atoms with E-state index < -0.39 is 0 Å². The van der Waals surface area contributed by atoms with E-state index in [2.05, 4.69) is 45.6 Å². The van der Waals surface area contributed by atoms with E-state index in [0.29, 0.717) is 13.1 Å². The number of fused-ring (bicyclic) bond motifs is 3. The molecule has 6 nitrogen and oxygen atoms in total. The van der Waals surface area contributed by atoms with Crippen LogP contribution in [0.4, 0.5) is 11.4 Å². The molecule has 0 bridgehead atoms. The Labute approximate surface area is 159 Å². The van der Waals surface area contributed by atoms with Crippen molar-refractivity contribution in [2.24, 2.45) is 11.5 Å². The molecule has 0 aromatic heterocycles. The van der Waals surface area contributed by atoms with Crippen LogP contribution in [-0.2, 0) is 16.8 Å². The summed E-state index contributed by atoms with van der Waals surface area (Å²) in [6, 6.07) is 4.15. The number of allylic oxidation sites excluding steroid dienone is 2. The van der Waals surface area contributed by atoms with Crippen LogP contribution in [0.3, 0.4) is 0 Å². The van der Waals surface area contributed by atoms with Gasteiger partial charge in [0.15, 0.2) is 0 Å². The Kier molecular flexibility index (Phi) is 10.9. The van der Waals surface area contributed by atoms with Crippen LogP contribution in [0.15, 0.2) is 36.7 Å². The van der Waals surface area contributed by atoms with Gasteiger partial charge in [-0.25, -0.2) is 0 Å². The van der Waals surface area contributed by atoms with E-state index >= 15 is 0 Å². The molecule has 2 aliphatic rings.